The van der Waals surface area contributed by atoms with Gasteiger partial charge in [0.2, 0.25) is 5.91 Å². The summed E-state index contributed by atoms with van der Waals surface area (Å²) in [6, 6.07) is 0.617. The van der Waals surface area contributed by atoms with Gasteiger partial charge < -0.3 is 20.4 Å². The second kappa shape index (κ2) is 13.2. The van der Waals surface area contributed by atoms with Crippen LogP contribution in [0.5, 0.6) is 0 Å². The highest BCUT2D eigenvalue weighted by Gasteiger charge is 2.47. The number of fused-ring (bicyclic) bond motifs is 2. The van der Waals surface area contributed by atoms with E-state index >= 15 is 0 Å². The fraction of sp³-hybridized carbons (Fsp3) is 0.926. The molecule has 3 aliphatic heterocycles. The van der Waals surface area contributed by atoms with Gasteiger partial charge in [-0.25, -0.2) is 4.79 Å². The summed E-state index contributed by atoms with van der Waals surface area (Å²) in [6.45, 7) is 11.6. The summed E-state index contributed by atoms with van der Waals surface area (Å²) in [5.74, 6) is 0.0834. The first-order chi connectivity index (χ1) is 17.1. The van der Waals surface area contributed by atoms with Crippen molar-refractivity contribution in [2.24, 2.45) is 5.92 Å². The second-order valence-corrected chi connectivity index (χ2v) is 11.2. The minimum Gasteiger partial charge on any atom is -0.350 e. The zero-order valence-corrected chi connectivity index (χ0v) is 22.3. The van der Waals surface area contributed by atoms with E-state index in [1.165, 1.54) is 45.2 Å². The fourth-order valence-electron chi connectivity index (χ4n) is 7.02. The van der Waals surface area contributed by atoms with Crippen molar-refractivity contribution in [2.75, 3.05) is 45.8 Å². The first-order valence-electron chi connectivity index (χ1n) is 14.7. The molecule has 200 valence electrons. The monoisotopic (exact) mass is 490 g/mol. The Morgan fingerprint density at radius 2 is 1.80 bits per heavy atom. The summed E-state index contributed by atoms with van der Waals surface area (Å²) in [5.41, 5.74) is 0. The van der Waals surface area contributed by atoms with Crippen molar-refractivity contribution in [2.45, 2.75) is 109 Å². The third-order valence-electron chi connectivity index (χ3n) is 8.68. The first-order valence-corrected chi connectivity index (χ1v) is 14.7. The van der Waals surface area contributed by atoms with Crippen LogP contribution in [0.2, 0.25) is 0 Å². The minimum atomic E-state index is -0.0971. The lowest BCUT2D eigenvalue weighted by Crippen LogP contribution is -2.64. The van der Waals surface area contributed by atoms with Crippen molar-refractivity contribution in [3.8, 4) is 0 Å². The zero-order valence-electron chi connectivity index (χ0n) is 22.3. The number of nitrogens with zero attached hydrogens (tertiary/aromatic N) is 3. The Kier molecular flexibility index (Phi) is 10.1. The van der Waals surface area contributed by atoms with Gasteiger partial charge in [-0.15, -0.1) is 0 Å². The van der Waals surface area contributed by atoms with Gasteiger partial charge in [0.05, 0.1) is 12.0 Å². The number of nitrogens with one attached hydrogen (secondary N) is 3. The molecule has 3 saturated heterocycles. The van der Waals surface area contributed by atoms with Crippen LogP contribution in [0.25, 0.3) is 0 Å². The standard InChI is InChI=1S/C27H50N6O2/c1-3-16-31(17-4-2)20-21-10-7-8-18-32(21)19-15-29-27(35)33-24-13-6-5-11-22(24)26(34)30-23-12-9-14-28-25(23)33/h21-25,28H,3-20H2,1-2H3,(H,29,35)(H,30,34). The molecule has 3 amide bonds. The van der Waals surface area contributed by atoms with Gasteiger partial charge >= 0.3 is 6.03 Å². The Morgan fingerprint density at radius 3 is 2.60 bits per heavy atom. The van der Waals surface area contributed by atoms with E-state index in [1.54, 1.807) is 0 Å². The van der Waals surface area contributed by atoms with Gasteiger partial charge in [0, 0.05) is 31.7 Å². The van der Waals surface area contributed by atoms with E-state index in [1.807, 2.05) is 4.90 Å². The number of likely N-dealkylation sites (tertiary alicyclic amines) is 1. The predicted molar refractivity (Wildman–Crippen MR) is 140 cm³/mol. The molecule has 0 aromatic carbocycles. The van der Waals surface area contributed by atoms with E-state index in [9.17, 15) is 9.59 Å². The molecule has 0 spiro atoms. The van der Waals surface area contributed by atoms with Crippen LogP contribution < -0.4 is 16.0 Å². The topological polar surface area (TPSA) is 80.0 Å². The number of piperidine rings is 2. The number of carbonyl (C=O) groups is 2. The van der Waals surface area contributed by atoms with E-state index in [2.05, 4.69) is 39.6 Å². The second-order valence-electron chi connectivity index (χ2n) is 11.2. The molecule has 0 bridgehead atoms. The molecule has 5 atom stereocenters. The van der Waals surface area contributed by atoms with E-state index in [4.69, 9.17) is 0 Å². The Morgan fingerprint density at radius 1 is 1.03 bits per heavy atom. The Balaban J connectivity index is 1.37. The maximum atomic E-state index is 13.6. The highest BCUT2D eigenvalue weighted by molar-refractivity contribution is 5.83. The van der Waals surface area contributed by atoms with Crippen LogP contribution in [-0.2, 0) is 4.79 Å². The van der Waals surface area contributed by atoms with Crippen molar-refractivity contribution in [3.63, 3.8) is 0 Å². The molecule has 1 saturated carbocycles. The van der Waals surface area contributed by atoms with Gasteiger partial charge in [0.15, 0.2) is 0 Å². The molecule has 1 aliphatic carbocycles. The fourth-order valence-corrected chi connectivity index (χ4v) is 7.02. The quantitative estimate of drug-likeness (QED) is 0.463. The molecule has 4 rings (SSSR count). The Bertz CT molecular complexity index is 685. The molecule has 4 fully saturated rings. The van der Waals surface area contributed by atoms with E-state index in [0.29, 0.717) is 12.6 Å². The third-order valence-corrected chi connectivity index (χ3v) is 8.68. The highest BCUT2D eigenvalue weighted by atomic mass is 16.2. The lowest BCUT2D eigenvalue weighted by Gasteiger charge is -2.44. The number of carbonyl (C=O) groups excluding carboxylic acids is 2. The number of amides is 3. The predicted octanol–water partition coefficient (Wildman–Crippen LogP) is 2.74. The number of hydrogen-bond donors (Lipinski definition) is 3. The van der Waals surface area contributed by atoms with Crippen molar-refractivity contribution >= 4 is 11.9 Å². The normalized spacial score (nSPS) is 31.9. The summed E-state index contributed by atoms with van der Waals surface area (Å²) in [4.78, 5) is 33.9. The SMILES string of the molecule is CCCN(CCC)CC1CCCCN1CCNC(=O)N1C2CCCCC2C(=O)NC2CCCNC21. The van der Waals surface area contributed by atoms with E-state index in [-0.39, 0.29) is 36.1 Å². The van der Waals surface area contributed by atoms with Gasteiger partial charge in [0.25, 0.3) is 0 Å². The molecule has 3 heterocycles. The largest absolute Gasteiger partial charge is 0.350 e. The molecule has 0 radical (unpaired) electrons. The number of urea groups is 1. The maximum Gasteiger partial charge on any atom is 0.319 e. The zero-order chi connectivity index (χ0) is 24.6. The van der Waals surface area contributed by atoms with Gasteiger partial charge in [0.1, 0.15) is 6.17 Å². The van der Waals surface area contributed by atoms with Gasteiger partial charge in [-0.1, -0.05) is 33.1 Å². The Hall–Kier alpha value is -1.38. The third kappa shape index (κ3) is 6.69. The van der Waals surface area contributed by atoms with Crippen molar-refractivity contribution in [1.29, 1.82) is 0 Å². The summed E-state index contributed by atoms with van der Waals surface area (Å²) in [7, 11) is 0. The van der Waals surface area contributed by atoms with E-state index in [0.717, 1.165) is 64.7 Å². The molecule has 8 heteroatoms. The van der Waals surface area contributed by atoms with Crippen LogP contribution in [-0.4, -0.2) is 96.7 Å². The number of hydrogen-bond acceptors (Lipinski definition) is 5. The summed E-state index contributed by atoms with van der Waals surface area (Å²) in [6.07, 6.45) is 12.1. The van der Waals surface area contributed by atoms with Gasteiger partial charge in [-0.05, 0) is 77.5 Å². The molecular weight excluding hydrogens is 440 g/mol. The summed E-state index contributed by atoms with van der Waals surface area (Å²) in [5, 5.41) is 10.1. The van der Waals surface area contributed by atoms with Crippen LogP contribution >= 0.6 is 0 Å². The lowest BCUT2D eigenvalue weighted by atomic mass is 9.83. The molecule has 35 heavy (non-hydrogen) atoms. The lowest BCUT2D eigenvalue weighted by molar-refractivity contribution is -0.127. The van der Waals surface area contributed by atoms with Crippen LogP contribution in [0.3, 0.4) is 0 Å². The van der Waals surface area contributed by atoms with Gasteiger partial charge in [-0.3, -0.25) is 15.0 Å². The molecule has 0 aromatic rings. The van der Waals surface area contributed by atoms with E-state index < -0.39 is 0 Å². The summed E-state index contributed by atoms with van der Waals surface area (Å²) >= 11 is 0. The van der Waals surface area contributed by atoms with Crippen LogP contribution in [0.4, 0.5) is 4.79 Å². The minimum absolute atomic E-state index is 0.00345. The smallest absolute Gasteiger partial charge is 0.319 e. The molecule has 3 N–H and O–H groups in total. The highest BCUT2D eigenvalue weighted by Crippen LogP contribution is 2.33. The van der Waals surface area contributed by atoms with Crippen molar-refractivity contribution in [1.82, 2.24) is 30.7 Å². The molecular formula is C27H50N6O2. The van der Waals surface area contributed by atoms with Crippen LogP contribution in [0.1, 0.15) is 84.5 Å². The Labute approximate surface area is 212 Å². The van der Waals surface area contributed by atoms with Crippen LogP contribution in [0, 0.1) is 5.92 Å². The van der Waals surface area contributed by atoms with Crippen LogP contribution in [0.15, 0.2) is 0 Å². The molecule has 0 aromatic heterocycles. The molecule has 8 nitrogen and oxygen atoms in total. The first kappa shape index (κ1) is 26.7. The summed E-state index contributed by atoms with van der Waals surface area (Å²) < 4.78 is 0. The maximum absolute atomic E-state index is 13.6. The van der Waals surface area contributed by atoms with Crippen molar-refractivity contribution < 1.29 is 9.59 Å². The number of rotatable bonds is 9. The average molecular weight is 491 g/mol. The molecule has 4 aliphatic rings. The van der Waals surface area contributed by atoms with Crippen molar-refractivity contribution in [3.05, 3.63) is 0 Å². The average Bonchev–Trinajstić information content (AvgIpc) is 2.99. The molecule has 5 unspecified atom stereocenters. The van der Waals surface area contributed by atoms with Gasteiger partial charge in [-0.2, -0.15) is 0 Å².